The van der Waals surface area contributed by atoms with E-state index in [0.717, 1.165) is 45.1 Å². The van der Waals surface area contributed by atoms with Crippen molar-refractivity contribution in [3.63, 3.8) is 0 Å². The van der Waals surface area contributed by atoms with Gasteiger partial charge in [0.25, 0.3) is 0 Å². The molecule has 2 rings (SSSR count). The largest absolute Gasteiger partial charge is 0.342 e. The molecule has 5 nitrogen and oxygen atoms in total. The summed E-state index contributed by atoms with van der Waals surface area (Å²) >= 11 is 0. The second-order valence-electron chi connectivity index (χ2n) is 5.79. The van der Waals surface area contributed by atoms with Gasteiger partial charge in [0.15, 0.2) is 0 Å². The lowest BCUT2D eigenvalue weighted by atomic mass is 9.79. The van der Waals surface area contributed by atoms with Crippen molar-refractivity contribution in [3.8, 4) is 6.07 Å². The maximum absolute atomic E-state index is 12.1. The maximum Gasteiger partial charge on any atom is 0.235 e. The quantitative estimate of drug-likeness (QED) is 0.785. The van der Waals surface area contributed by atoms with E-state index in [2.05, 4.69) is 10.2 Å². The summed E-state index contributed by atoms with van der Waals surface area (Å²) in [5.41, 5.74) is 0. The Morgan fingerprint density at radius 1 is 1.30 bits per heavy atom. The van der Waals surface area contributed by atoms with E-state index in [-0.39, 0.29) is 24.4 Å². The zero-order valence-corrected chi connectivity index (χ0v) is 11.9. The van der Waals surface area contributed by atoms with E-state index in [9.17, 15) is 9.59 Å². The zero-order valence-electron chi connectivity index (χ0n) is 11.9. The Hall–Kier alpha value is -1.41. The summed E-state index contributed by atoms with van der Waals surface area (Å²) in [5, 5.41) is 11.1. The number of nitriles is 1. The second-order valence-corrected chi connectivity index (χ2v) is 5.79. The van der Waals surface area contributed by atoms with Crippen LogP contribution < -0.4 is 5.32 Å². The number of amides is 1. The summed E-state index contributed by atoms with van der Waals surface area (Å²) in [7, 11) is 0. The first-order valence-corrected chi connectivity index (χ1v) is 7.63. The number of carbonyl (C=O) groups excluding carboxylic acids is 2. The average Bonchev–Trinajstić information content (AvgIpc) is 2.46. The molecule has 1 heterocycles. The molecule has 5 heteroatoms. The molecule has 1 aliphatic heterocycles. The summed E-state index contributed by atoms with van der Waals surface area (Å²) in [6.45, 7) is 1.25. The maximum atomic E-state index is 12.1. The topological polar surface area (TPSA) is 73.2 Å². The lowest BCUT2D eigenvalue weighted by Gasteiger charge is -2.40. The van der Waals surface area contributed by atoms with Crippen molar-refractivity contribution in [1.82, 2.24) is 10.2 Å². The Balaban J connectivity index is 1.96. The summed E-state index contributed by atoms with van der Waals surface area (Å²) in [6.07, 6.45) is 7.07. The number of nitrogens with one attached hydrogen (secondary N) is 1. The van der Waals surface area contributed by atoms with Crippen LogP contribution in [0.1, 0.15) is 44.9 Å². The lowest BCUT2D eigenvalue weighted by Crippen LogP contribution is -2.50. The highest BCUT2D eigenvalue weighted by atomic mass is 16.2. The van der Waals surface area contributed by atoms with Gasteiger partial charge < -0.3 is 5.32 Å². The number of ketones is 1. The number of nitrogens with zero attached hydrogens (tertiary/aromatic N) is 2. The van der Waals surface area contributed by atoms with Gasteiger partial charge in [-0.1, -0.05) is 12.8 Å². The van der Waals surface area contributed by atoms with Crippen LogP contribution in [0, 0.1) is 17.2 Å². The summed E-state index contributed by atoms with van der Waals surface area (Å²) in [5.74, 6) is 0.389. The van der Waals surface area contributed by atoms with Gasteiger partial charge in [-0.15, -0.1) is 0 Å². The first-order valence-electron chi connectivity index (χ1n) is 7.63. The van der Waals surface area contributed by atoms with Crippen LogP contribution in [0.3, 0.4) is 0 Å². The van der Waals surface area contributed by atoms with E-state index in [0.29, 0.717) is 18.7 Å². The molecule has 0 spiro atoms. The third-order valence-corrected chi connectivity index (χ3v) is 4.44. The molecule has 2 unspecified atom stereocenters. The van der Waals surface area contributed by atoms with Crippen molar-refractivity contribution < 1.29 is 9.59 Å². The smallest absolute Gasteiger partial charge is 0.235 e. The number of hydrogen-bond donors (Lipinski definition) is 1. The van der Waals surface area contributed by atoms with Crippen LogP contribution in [0.4, 0.5) is 0 Å². The number of piperidine rings is 1. The SMILES string of the molecule is N#CCNC(=O)CN1CCCCC1C1CCCCC1=O. The molecule has 0 aromatic carbocycles. The first-order chi connectivity index (χ1) is 9.72. The van der Waals surface area contributed by atoms with Crippen LogP contribution in [0.25, 0.3) is 0 Å². The lowest BCUT2D eigenvalue weighted by molar-refractivity contribution is -0.130. The standard InChI is InChI=1S/C15H23N3O2/c16-8-9-17-15(20)11-18-10-4-3-6-13(18)12-5-1-2-7-14(12)19/h12-13H,1-7,9-11H2,(H,17,20). The molecule has 1 amide bonds. The molecule has 0 bridgehead atoms. The van der Waals surface area contributed by atoms with Gasteiger partial charge in [0.05, 0.1) is 12.6 Å². The average molecular weight is 277 g/mol. The molecule has 1 aliphatic carbocycles. The van der Waals surface area contributed by atoms with Gasteiger partial charge in [0.2, 0.25) is 5.91 Å². The Morgan fingerprint density at radius 2 is 2.10 bits per heavy atom. The van der Waals surface area contributed by atoms with Crippen molar-refractivity contribution in [2.24, 2.45) is 5.92 Å². The molecule has 1 saturated heterocycles. The van der Waals surface area contributed by atoms with Gasteiger partial charge in [-0.05, 0) is 32.2 Å². The first kappa shape index (κ1) is 15.0. The highest BCUT2D eigenvalue weighted by Gasteiger charge is 2.35. The molecular weight excluding hydrogens is 254 g/mol. The molecule has 1 saturated carbocycles. The normalized spacial score (nSPS) is 27.9. The van der Waals surface area contributed by atoms with E-state index < -0.39 is 0 Å². The molecule has 2 fully saturated rings. The molecular formula is C15H23N3O2. The van der Waals surface area contributed by atoms with Crippen LogP contribution in [0.5, 0.6) is 0 Å². The zero-order chi connectivity index (χ0) is 14.4. The molecule has 1 N–H and O–H groups in total. The Morgan fingerprint density at radius 3 is 2.85 bits per heavy atom. The van der Waals surface area contributed by atoms with E-state index in [1.165, 1.54) is 0 Å². The number of likely N-dealkylation sites (tertiary alicyclic amines) is 1. The van der Waals surface area contributed by atoms with Crippen molar-refractivity contribution in [1.29, 1.82) is 5.26 Å². The van der Waals surface area contributed by atoms with Gasteiger partial charge in [-0.2, -0.15) is 5.26 Å². The van der Waals surface area contributed by atoms with E-state index in [4.69, 9.17) is 5.26 Å². The van der Waals surface area contributed by atoms with E-state index >= 15 is 0 Å². The summed E-state index contributed by atoms with van der Waals surface area (Å²) < 4.78 is 0. The number of carbonyl (C=O) groups is 2. The fraction of sp³-hybridized carbons (Fsp3) is 0.800. The molecule has 0 radical (unpaired) electrons. The molecule has 0 aromatic rings. The molecule has 110 valence electrons. The van der Waals surface area contributed by atoms with Gasteiger partial charge in [-0.25, -0.2) is 0 Å². The third kappa shape index (κ3) is 3.80. The number of Topliss-reactive ketones (excluding diaryl/α,β-unsaturated/α-hetero) is 1. The Labute approximate surface area is 120 Å². The van der Waals surface area contributed by atoms with Crippen LogP contribution >= 0.6 is 0 Å². The monoisotopic (exact) mass is 277 g/mol. The Kier molecular flexibility index (Phi) is 5.54. The van der Waals surface area contributed by atoms with Crippen LogP contribution in [0.15, 0.2) is 0 Å². The molecule has 2 atom stereocenters. The Bertz CT molecular complexity index is 402. The summed E-state index contributed by atoms with van der Waals surface area (Å²) in [4.78, 5) is 26.1. The van der Waals surface area contributed by atoms with Crippen molar-refractivity contribution in [2.75, 3.05) is 19.6 Å². The number of hydrogen-bond acceptors (Lipinski definition) is 4. The van der Waals surface area contributed by atoms with Crippen LogP contribution in [0.2, 0.25) is 0 Å². The minimum absolute atomic E-state index is 0.0553. The van der Waals surface area contributed by atoms with Gasteiger partial charge in [0.1, 0.15) is 12.3 Å². The fourth-order valence-corrected chi connectivity index (χ4v) is 3.46. The van der Waals surface area contributed by atoms with Crippen molar-refractivity contribution in [2.45, 2.75) is 51.0 Å². The van der Waals surface area contributed by atoms with Crippen molar-refractivity contribution in [3.05, 3.63) is 0 Å². The van der Waals surface area contributed by atoms with Gasteiger partial charge in [0, 0.05) is 18.4 Å². The van der Waals surface area contributed by atoms with E-state index in [1.807, 2.05) is 6.07 Å². The van der Waals surface area contributed by atoms with Gasteiger partial charge >= 0.3 is 0 Å². The van der Waals surface area contributed by atoms with Crippen LogP contribution in [-0.2, 0) is 9.59 Å². The van der Waals surface area contributed by atoms with Gasteiger partial charge in [-0.3, -0.25) is 14.5 Å². The van der Waals surface area contributed by atoms with Crippen molar-refractivity contribution >= 4 is 11.7 Å². The third-order valence-electron chi connectivity index (χ3n) is 4.44. The minimum atomic E-state index is -0.110. The second kappa shape index (κ2) is 7.39. The molecule has 20 heavy (non-hydrogen) atoms. The predicted octanol–water partition coefficient (Wildman–Crippen LogP) is 1.24. The highest BCUT2D eigenvalue weighted by Crippen LogP contribution is 2.31. The minimum Gasteiger partial charge on any atom is -0.342 e. The molecule has 2 aliphatic rings. The number of rotatable bonds is 4. The van der Waals surface area contributed by atoms with E-state index in [1.54, 1.807) is 0 Å². The fourth-order valence-electron chi connectivity index (χ4n) is 3.46. The summed E-state index contributed by atoms with van der Waals surface area (Å²) in [6, 6.07) is 2.14. The highest BCUT2D eigenvalue weighted by molar-refractivity contribution is 5.82. The molecule has 0 aromatic heterocycles. The van der Waals surface area contributed by atoms with Crippen LogP contribution in [-0.4, -0.2) is 42.3 Å². The predicted molar refractivity (Wildman–Crippen MR) is 74.8 cm³/mol.